The number of anilines is 1. The smallest absolute Gasteiger partial charge is 0.308 e. The molecule has 1 aliphatic rings. The van der Waals surface area contributed by atoms with E-state index in [-0.39, 0.29) is 23.1 Å². The lowest BCUT2D eigenvalue weighted by Gasteiger charge is -2.28. The third-order valence-electron chi connectivity index (χ3n) is 4.02. The van der Waals surface area contributed by atoms with Crippen molar-refractivity contribution >= 4 is 17.6 Å². The lowest BCUT2D eigenvalue weighted by atomic mass is 9.98. The van der Waals surface area contributed by atoms with Crippen LogP contribution in [0.15, 0.2) is 18.2 Å². The molecule has 0 aromatic heterocycles. The van der Waals surface area contributed by atoms with Crippen molar-refractivity contribution in [1.29, 1.82) is 5.26 Å². The SMILES string of the molecule is CCCOC(C)(C(=O)Nc1ccc(OC(C)=O)c(C#N)c1)C1CC1. The Balaban J connectivity index is 2.16. The predicted octanol–water partition coefficient (Wildman–Crippen LogP) is 3.02. The molecule has 6 nitrogen and oxygen atoms in total. The fourth-order valence-corrected chi connectivity index (χ4v) is 2.51. The molecule has 1 aromatic carbocycles. The molecule has 0 saturated heterocycles. The molecule has 2 rings (SSSR count). The predicted molar refractivity (Wildman–Crippen MR) is 88.5 cm³/mol. The minimum Gasteiger partial charge on any atom is -0.425 e. The van der Waals surface area contributed by atoms with Gasteiger partial charge in [-0.2, -0.15) is 5.26 Å². The maximum absolute atomic E-state index is 12.7. The summed E-state index contributed by atoms with van der Waals surface area (Å²) in [6.07, 6.45) is 2.79. The monoisotopic (exact) mass is 330 g/mol. The van der Waals surface area contributed by atoms with E-state index in [1.165, 1.54) is 19.1 Å². The first kappa shape index (κ1) is 18.0. The zero-order chi connectivity index (χ0) is 17.7. The molecule has 1 amide bonds. The first-order valence-electron chi connectivity index (χ1n) is 8.08. The average molecular weight is 330 g/mol. The highest BCUT2D eigenvalue weighted by Gasteiger charge is 2.48. The van der Waals surface area contributed by atoms with E-state index in [0.29, 0.717) is 12.3 Å². The normalized spacial score (nSPS) is 15.9. The Morgan fingerprint density at radius 3 is 2.67 bits per heavy atom. The number of hydrogen-bond acceptors (Lipinski definition) is 5. The van der Waals surface area contributed by atoms with Crippen LogP contribution in [-0.4, -0.2) is 24.1 Å². The van der Waals surface area contributed by atoms with Gasteiger partial charge in [-0.15, -0.1) is 0 Å². The van der Waals surface area contributed by atoms with Gasteiger partial charge in [-0.3, -0.25) is 9.59 Å². The van der Waals surface area contributed by atoms with Gasteiger partial charge in [-0.25, -0.2) is 0 Å². The second kappa shape index (κ2) is 7.45. The van der Waals surface area contributed by atoms with Crippen molar-refractivity contribution in [2.45, 2.75) is 45.6 Å². The van der Waals surface area contributed by atoms with Gasteiger partial charge in [-0.05, 0) is 50.3 Å². The van der Waals surface area contributed by atoms with E-state index in [4.69, 9.17) is 9.47 Å². The maximum atomic E-state index is 12.7. The fourth-order valence-electron chi connectivity index (χ4n) is 2.51. The molecule has 1 unspecified atom stereocenters. The minimum atomic E-state index is -0.864. The zero-order valence-corrected chi connectivity index (χ0v) is 14.2. The third-order valence-corrected chi connectivity index (χ3v) is 4.02. The summed E-state index contributed by atoms with van der Waals surface area (Å²) in [5.41, 5.74) is -0.206. The van der Waals surface area contributed by atoms with Crippen LogP contribution in [0.25, 0.3) is 0 Å². The van der Waals surface area contributed by atoms with E-state index in [9.17, 15) is 14.9 Å². The average Bonchev–Trinajstić information content (AvgIpc) is 3.38. The van der Waals surface area contributed by atoms with Crippen LogP contribution in [0.5, 0.6) is 5.75 Å². The highest BCUT2D eigenvalue weighted by Crippen LogP contribution is 2.42. The van der Waals surface area contributed by atoms with Gasteiger partial charge in [0.1, 0.15) is 17.4 Å². The Morgan fingerprint density at radius 2 is 2.12 bits per heavy atom. The van der Waals surface area contributed by atoms with E-state index in [2.05, 4.69) is 5.32 Å². The molecular weight excluding hydrogens is 308 g/mol. The third kappa shape index (κ3) is 4.12. The summed E-state index contributed by atoms with van der Waals surface area (Å²) >= 11 is 0. The molecule has 1 N–H and O–H groups in total. The van der Waals surface area contributed by atoms with E-state index >= 15 is 0 Å². The molecule has 0 heterocycles. The summed E-state index contributed by atoms with van der Waals surface area (Å²) in [6.45, 7) is 5.60. The highest BCUT2D eigenvalue weighted by atomic mass is 16.5. The Morgan fingerprint density at radius 1 is 1.42 bits per heavy atom. The molecule has 24 heavy (non-hydrogen) atoms. The molecular formula is C18H22N2O4. The molecule has 0 bridgehead atoms. The molecule has 1 saturated carbocycles. The lowest BCUT2D eigenvalue weighted by molar-refractivity contribution is -0.142. The molecule has 6 heteroatoms. The number of benzene rings is 1. The zero-order valence-electron chi connectivity index (χ0n) is 14.2. The number of amides is 1. The standard InChI is InChI=1S/C18H22N2O4/c1-4-9-23-18(3,14-5-6-14)17(22)20-15-7-8-16(24-12(2)21)13(10-15)11-19/h7-8,10,14H,4-6,9H2,1-3H3,(H,20,22). The summed E-state index contributed by atoms with van der Waals surface area (Å²) < 4.78 is 10.8. The Hall–Kier alpha value is -2.39. The Bertz CT molecular complexity index is 676. The molecule has 0 spiro atoms. The van der Waals surface area contributed by atoms with Crippen LogP contribution in [0.4, 0.5) is 5.69 Å². The number of hydrogen-bond donors (Lipinski definition) is 1. The van der Waals surface area contributed by atoms with Gasteiger partial charge in [0.15, 0.2) is 0 Å². The number of ether oxygens (including phenoxy) is 2. The van der Waals surface area contributed by atoms with Gasteiger partial charge >= 0.3 is 5.97 Å². The molecule has 128 valence electrons. The summed E-state index contributed by atoms with van der Waals surface area (Å²) in [6, 6.07) is 6.55. The number of nitrogens with one attached hydrogen (secondary N) is 1. The van der Waals surface area contributed by atoms with Gasteiger partial charge < -0.3 is 14.8 Å². The first-order chi connectivity index (χ1) is 11.4. The van der Waals surface area contributed by atoms with Crippen molar-refractivity contribution < 1.29 is 19.1 Å². The van der Waals surface area contributed by atoms with Crippen LogP contribution in [0.1, 0.15) is 45.6 Å². The molecule has 1 aromatic rings. The van der Waals surface area contributed by atoms with Crippen molar-refractivity contribution in [3.05, 3.63) is 23.8 Å². The van der Waals surface area contributed by atoms with Gasteiger partial charge in [-0.1, -0.05) is 6.92 Å². The van der Waals surface area contributed by atoms with E-state index < -0.39 is 11.6 Å². The number of carbonyl (C=O) groups excluding carboxylic acids is 2. The number of rotatable bonds is 7. The van der Waals surface area contributed by atoms with Crippen LogP contribution in [0.3, 0.4) is 0 Å². The van der Waals surface area contributed by atoms with Crippen molar-refractivity contribution in [3.8, 4) is 11.8 Å². The first-order valence-corrected chi connectivity index (χ1v) is 8.08. The van der Waals surface area contributed by atoms with Crippen LogP contribution < -0.4 is 10.1 Å². The molecule has 0 aliphatic heterocycles. The van der Waals surface area contributed by atoms with Crippen LogP contribution in [0.2, 0.25) is 0 Å². The molecule has 1 atom stereocenters. The number of nitriles is 1. The second-order valence-electron chi connectivity index (χ2n) is 6.10. The lowest BCUT2D eigenvalue weighted by Crippen LogP contribution is -2.45. The Kier molecular flexibility index (Phi) is 5.58. The second-order valence-corrected chi connectivity index (χ2v) is 6.10. The largest absolute Gasteiger partial charge is 0.425 e. The number of esters is 1. The van der Waals surface area contributed by atoms with E-state index in [1.54, 1.807) is 6.07 Å². The topological polar surface area (TPSA) is 88.4 Å². The summed E-state index contributed by atoms with van der Waals surface area (Å²) in [5.74, 6) is -0.324. The van der Waals surface area contributed by atoms with Crippen LogP contribution in [0, 0.1) is 17.2 Å². The van der Waals surface area contributed by atoms with Gasteiger partial charge in [0.25, 0.3) is 5.91 Å². The van der Waals surface area contributed by atoms with Crippen molar-refractivity contribution in [1.82, 2.24) is 0 Å². The van der Waals surface area contributed by atoms with E-state index in [1.807, 2.05) is 19.9 Å². The maximum Gasteiger partial charge on any atom is 0.308 e. The summed E-state index contributed by atoms with van der Waals surface area (Å²) in [7, 11) is 0. The van der Waals surface area contributed by atoms with Gasteiger partial charge in [0.05, 0.1) is 5.56 Å². The fraction of sp³-hybridized carbons (Fsp3) is 0.500. The van der Waals surface area contributed by atoms with Gasteiger partial charge in [0.2, 0.25) is 0 Å². The van der Waals surface area contributed by atoms with E-state index in [0.717, 1.165) is 19.3 Å². The molecule has 1 aliphatic carbocycles. The molecule has 0 radical (unpaired) electrons. The minimum absolute atomic E-state index is 0.176. The van der Waals surface area contributed by atoms with Crippen LogP contribution in [-0.2, 0) is 14.3 Å². The number of nitrogens with zero attached hydrogens (tertiary/aromatic N) is 1. The van der Waals surface area contributed by atoms with Gasteiger partial charge in [0, 0.05) is 19.2 Å². The van der Waals surface area contributed by atoms with Crippen LogP contribution >= 0.6 is 0 Å². The highest BCUT2D eigenvalue weighted by molar-refractivity contribution is 5.97. The van der Waals surface area contributed by atoms with Crippen molar-refractivity contribution in [3.63, 3.8) is 0 Å². The van der Waals surface area contributed by atoms with Crippen molar-refractivity contribution in [2.24, 2.45) is 5.92 Å². The molecule has 1 fully saturated rings. The van der Waals surface area contributed by atoms with Crippen molar-refractivity contribution in [2.75, 3.05) is 11.9 Å². The Labute approximate surface area is 141 Å². The number of carbonyl (C=O) groups is 2. The quantitative estimate of drug-likeness (QED) is 0.613. The summed E-state index contributed by atoms with van der Waals surface area (Å²) in [4.78, 5) is 23.7. The summed E-state index contributed by atoms with van der Waals surface area (Å²) in [5, 5.41) is 12.0.